The van der Waals surface area contributed by atoms with Crippen LogP contribution < -0.4 is 0 Å². The molecule has 0 unspecified atom stereocenters. The van der Waals surface area contributed by atoms with Gasteiger partial charge in [-0.25, -0.2) is 9.97 Å². The maximum absolute atomic E-state index is 9.41. The number of imidazole rings is 1. The minimum Gasteiger partial charge on any atom is -0.336 e. The third-order valence-electron chi connectivity index (χ3n) is 3.36. The number of pyridine rings is 1. The molecule has 4 nitrogen and oxygen atoms in total. The van der Waals surface area contributed by atoms with Crippen LogP contribution in [0.3, 0.4) is 0 Å². The summed E-state index contributed by atoms with van der Waals surface area (Å²) in [6.45, 7) is 4.09. The van der Waals surface area contributed by atoms with Crippen molar-refractivity contribution in [3.05, 3.63) is 59.0 Å². The number of aryl methyl sites for hydroxylation is 2. The first-order valence-electron chi connectivity index (χ1n) is 6.67. The highest BCUT2D eigenvalue weighted by molar-refractivity contribution is 5.90. The monoisotopic (exact) mass is 274 g/mol. The third kappa shape index (κ3) is 2.54. The van der Waals surface area contributed by atoms with Crippen molar-refractivity contribution in [2.45, 2.75) is 13.8 Å². The van der Waals surface area contributed by atoms with Crippen LogP contribution >= 0.6 is 0 Å². The van der Waals surface area contributed by atoms with Gasteiger partial charge in [0, 0.05) is 6.20 Å². The molecule has 0 aliphatic carbocycles. The lowest BCUT2D eigenvalue weighted by Gasteiger charge is -2.02. The molecule has 0 fully saturated rings. The van der Waals surface area contributed by atoms with E-state index in [1.807, 2.05) is 37.3 Å². The summed E-state index contributed by atoms with van der Waals surface area (Å²) in [6, 6.07) is 12.1. The van der Waals surface area contributed by atoms with E-state index in [9.17, 15) is 5.26 Å². The van der Waals surface area contributed by atoms with Gasteiger partial charge >= 0.3 is 0 Å². The van der Waals surface area contributed by atoms with Gasteiger partial charge in [-0.3, -0.25) is 0 Å². The van der Waals surface area contributed by atoms with Gasteiger partial charge in [-0.05, 0) is 43.2 Å². The molecule has 0 radical (unpaired) electrons. The van der Waals surface area contributed by atoms with Gasteiger partial charge in [-0.2, -0.15) is 5.26 Å². The van der Waals surface area contributed by atoms with Gasteiger partial charge < -0.3 is 4.98 Å². The summed E-state index contributed by atoms with van der Waals surface area (Å²) in [4.78, 5) is 11.7. The van der Waals surface area contributed by atoms with Gasteiger partial charge in [-0.15, -0.1) is 0 Å². The molecule has 3 aromatic rings. The van der Waals surface area contributed by atoms with Crippen LogP contribution in [0.25, 0.3) is 22.8 Å². The van der Waals surface area contributed by atoms with Gasteiger partial charge in [0.05, 0.1) is 11.1 Å². The number of allylic oxidation sites excluding steroid dienone is 1. The highest BCUT2D eigenvalue weighted by Gasteiger charge is 2.09. The highest BCUT2D eigenvalue weighted by atomic mass is 15.0. The van der Waals surface area contributed by atoms with E-state index in [0.717, 1.165) is 16.6 Å². The predicted molar refractivity (Wildman–Crippen MR) is 83.3 cm³/mol. The number of fused-ring (bicyclic) bond motifs is 1. The Bertz CT molecular complexity index is 848. The molecule has 0 amide bonds. The number of rotatable bonds is 2. The van der Waals surface area contributed by atoms with E-state index in [1.165, 1.54) is 5.56 Å². The molecule has 2 heterocycles. The van der Waals surface area contributed by atoms with Crippen molar-refractivity contribution in [1.82, 2.24) is 15.0 Å². The van der Waals surface area contributed by atoms with Crippen molar-refractivity contribution in [1.29, 1.82) is 5.26 Å². The topological polar surface area (TPSA) is 65.4 Å². The number of H-pyrrole nitrogens is 1. The Morgan fingerprint density at radius 1 is 1.29 bits per heavy atom. The van der Waals surface area contributed by atoms with E-state index < -0.39 is 0 Å². The zero-order valence-electron chi connectivity index (χ0n) is 11.9. The van der Waals surface area contributed by atoms with E-state index in [1.54, 1.807) is 6.20 Å². The first-order valence-corrected chi connectivity index (χ1v) is 6.67. The molecule has 1 aromatic carbocycles. The van der Waals surface area contributed by atoms with Crippen molar-refractivity contribution >= 4 is 22.8 Å². The minimum atomic E-state index is 0.500. The Labute approximate surface area is 122 Å². The van der Waals surface area contributed by atoms with Crippen molar-refractivity contribution in [2.75, 3.05) is 0 Å². The molecule has 0 saturated heterocycles. The van der Waals surface area contributed by atoms with Crippen LogP contribution in [-0.4, -0.2) is 15.0 Å². The lowest BCUT2D eigenvalue weighted by molar-refractivity contribution is 1.25. The third-order valence-corrected chi connectivity index (χ3v) is 3.36. The van der Waals surface area contributed by atoms with Crippen LogP contribution in [0.15, 0.2) is 36.5 Å². The molecule has 3 rings (SSSR count). The van der Waals surface area contributed by atoms with Gasteiger partial charge in [0.1, 0.15) is 6.07 Å². The molecule has 0 aliphatic heterocycles. The normalized spacial score (nSPS) is 11.6. The summed E-state index contributed by atoms with van der Waals surface area (Å²) in [5.41, 5.74) is 5.31. The average Bonchev–Trinajstić information content (AvgIpc) is 2.90. The van der Waals surface area contributed by atoms with Gasteiger partial charge in [0.15, 0.2) is 11.5 Å². The lowest BCUT2D eigenvalue weighted by Crippen LogP contribution is -1.87. The lowest BCUT2D eigenvalue weighted by atomic mass is 10.0. The maximum Gasteiger partial charge on any atom is 0.178 e. The Balaban J connectivity index is 2.09. The number of nitrogens with one attached hydrogen (secondary N) is 1. The van der Waals surface area contributed by atoms with E-state index in [2.05, 4.69) is 34.0 Å². The molecule has 2 aromatic heterocycles. The van der Waals surface area contributed by atoms with Crippen molar-refractivity contribution in [3.8, 4) is 6.07 Å². The largest absolute Gasteiger partial charge is 0.336 e. The molecule has 21 heavy (non-hydrogen) atoms. The van der Waals surface area contributed by atoms with E-state index in [4.69, 9.17) is 0 Å². The predicted octanol–water partition coefficient (Wildman–Crippen LogP) is 3.64. The van der Waals surface area contributed by atoms with Crippen LogP contribution in [0.4, 0.5) is 0 Å². The SMILES string of the molecule is Cc1ccc(C=C(C#N)c2nc3ncccc3[nH]2)c(C)c1. The number of nitriles is 1. The molecule has 0 saturated carbocycles. The highest BCUT2D eigenvalue weighted by Crippen LogP contribution is 2.20. The van der Waals surface area contributed by atoms with Crippen LogP contribution in [-0.2, 0) is 0 Å². The standard InChI is InChI=1S/C17H14N4/c1-11-5-6-13(12(2)8-11)9-14(10-18)16-20-15-4-3-7-19-17(15)21-16/h3-9H,1-2H3,(H,19,20,21). The Hall–Kier alpha value is -2.93. The Kier molecular flexibility index (Phi) is 3.25. The van der Waals surface area contributed by atoms with Gasteiger partial charge in [0.2, 0.25) is 0 Å². The molecule has 4 heteroatoms. The number of nitrogens with zero attached hydrogens (tertiary/aromatic N) is 3. The summed E-state index contributed by atoms with van der Waals surface area (Å²) in [7, 11) is 0. The smallest absolute Gasteiger partial charge is 0.178 e. The first kappa shape index (κ1) is 13.1. The molecule has 0 atom stereocenters. The zero-order chi connectivity index (χ0) is 14.8. The van der Waals surface area contributed by atoms with E-state index in [0.29, 0.717) is 17.0 Å². The van der Waals surface area contributed by atoms with E-state index >= 15 is 0 Å². The summed E-state index contributed by atoms with van der Waals surface area (Å²) in [6.07, 6.45) is 3.54. The molecule has 0 spiro atoms. The van der Waals surface area contributed by atoms with Crippen LogP contribution in [0, 0.1) is 25.2 Å². The number of aromatic nitrogens is 3. The fourth-order valence-corrected chi connectivity index (χ4v) is 2.27. The zero-order valence-corrected chi connectivity index (χ0v) is 11.9. The maximum atomic E-state index is 9.41. The summed E-state index contributed by atoms with van der Waals surface area (Å²) < 4.78 is 0. The van der Waals surface area contributed by atoms with Gasteiger partial charge in [0.25, 0.3) is 0 Å². The Morgan fingerprint density at radius 2 is 2.14 bits per heavy atom. The molecular weight excluding hydrogens is 260 g/mol. The van der Waals surface area contributed by atoms with Gasteiger partial charge in [-0.1, -0.05) is 23.8 Å². The van der Waals surface area contributed by atoms with Crippen LogP contribution in [0.1, 0.15) is 22.5 Å². The second kappa shape index (κ2) is 5.22. The van der Waals surface area contributed by atoms with Crippen LogP contribution in [0.2, 0.25) is 0 Å². The number of hydrogen-bond acceptors (Lipinski definition) is 3. The first-order chi connectivity index (χ1) is 10.2. The van der Waals surface area contributed by atoms with Crippen molar-refractivity contribution in [3.63, 3.8) is 0 Å². The number of hydrogen-bond donors (Lipinski definition) is 1. The van der Waals surface area contributed by atoms with Crippen molar-refractivity contribution < 1.29 is 0 Å². The molecule has 0 aliphatic rings. The fraction of sp³-hybridized carbons (Fsp3) is 0.118. The molecule has 102 valence electrons. The summed E-state index contributed by atoms with van der Waals surface area (Å²) >= 11 is 0. The Morgan fingerprint density at radius 3 is 2.86 bits per heavy atom. The minimum absolute atomic E-state index is 0.500. The number of aromatic amines is 1. The van der Waals surface area contributed by atoms with Crippen molar-refractivity contribution in [2.24, 2.45) is 0 Å². The second-order valence-corrected chi connectivity index (χ2v) is 4.99. The quantitative estimate of drug-likeness (QED) is 0.725. The fourth-order valence-electron chi connectivity index (χ4n) is 2.27. The summed E-state index contributed by atoms with van der Waals surface area (Å²) in [5.74, 6) is 0.547. The molecular formula is C17H14N4. The van der Waals surface area contributed by atoms with E-state index in [-0.39, 0.29) is 0 Å². The molecule has 0 bridgehead atoms. The average molecular weight is 274 g/mol. The number of benzene rings is 1. The molecule has 1 N–H and O–H groups in total. The van der Waals surface area contributed by atoms with Crippen LogP contribution in [0.5, 0.6) is 0 Å². The summed E-state index contributed by atoms with van der Waals surface area (Å²) in [5, 5.41) is 9.41. The second-order valence-electron chi connectivity index (χ2n) is 4.99.